The first-order chi connectivity index (χ1) is 15.4. The molecule has 1 amide bonds. The van der Waals surface area contributed by atoms with Crippen molar-refractivity contribution >= 4 is 51.6 Å². The lowest BCUT2D eigenvalue weighted by molar-refractivity contribution is -0.113. The van der Waals surface area contributed by atoms with Crippen molar-refractivity contribution in [1.29, 1.82) is 0 Å². The molecule has 0 unspecified atom stereocenters. The molecule has 0 radical (unpaired) electrons. The smallest absolute Gasteiger partial charge is 0.262 e. The topological polar surface area (TPSA) is 81.3 Å². The van der Waals surface area contributed by atoms with Gasteiger partial charge in [-0.3, -0.25) is 18.6 Å². The third kappa shape index (κ3) is 4.38. The molecule has 0 aliphatic carbocycles. The van der Waals surface area contributed by atoms with Gasteiger partial charge in [-0.05, 0) is 48.2 Å². The Kier molecular flexibility index (Phi) is 6.53. The summed E-state index contributed by atoms with van der Waals surface area (Å²) in [7, 11) is 0. The zero-order chi connectivity index (χ0) is 22.8. The summed E-state index contributed by atoms with van der Waals surface area (Å²) >= 11 is 7.42. The number of nitrogens with zero attached hydrogens (tertiary/aromatic N) is 4. The maximum absolute atomic E-state index is 13.0. The molecule has 9 heteroatoms. The van der Waals surface area contributed by atoms with Crippen LogP contribution in [-0.2, 0) is 11.3 Å². The predicted molar refractivity (Wildman–Crippen MR) is 130 cm³/mol. The number of halogens is 1. The number of amides is 1. The highest BCUT2D eigenvalue weighted by molar-refractivity contribution is 7.99. The van der Waals surface area contributed by atoms with Gasteiger partial charge in [0, 0.05) is 17.3 Å². The van der Waals surface area contributed by atoms with Crippen LogP contribution < -0.4 is 10.9 Å². The van der Waals surface area contributed by atoms with Gasteiger partial charge >= 0.3 is 0 Å². The third-order valence-electron chi connectivity index (χ3n) is 5.17. The van der Waals surface area contributed by atoms with E-state index in [1.807, 2.05) is 35.6 Å². The molecule has 0 atom stereocenters. The largest absolute Gasteiger partial charge is 0.325 e. The van der Waals surface area contributed by atoms with Gasteiger partial charge in [0.05, 0.1) is 16.7 Å². The van der Waals surface area contributed by atoms with Crippen molar-refractivity contribution < 1.29 is 4.79 Å². The second kappa shape index (κ2) is 9.34. The molecule has 32 heavy (non-hydrogen) atoms. The molecule has 0 spiro atoms. The van der Waals surface area contributed by atoms with E-state index in [0.717, 1.165) is 12.1 Å². The van der Waals surface area contributed by atoms with Gasteiger partial charge in [0.1, 0.15) is 0 Å². The second-order valence-corrected chi connectivity index (χ2v) is 9.23. The number of benzene rings is 2. The molecule has 166 valence electrons. The van der Waals surface area contributed by atoms with E-state index in [1.54, 1.807) is 22.8 Å². The zero-order valence-electron chi connectivity index (χ0n) is 18.1. The lowest BCUT2D eigenvalue weighted by Gasteiger charge is -2.11. The van der Waals surface area contributed by atoms with Crippen LogP contribution >= 0.6 is 23.4 Å². The van der Waals surface area contributed by atoms with Crippen molar-refractivity contribution in [2.24, 2.45) is 0 Å². The fourth-order valence-electron chi connectivity index (χ4n) is 3.56. The van der Waals surface area contributed by atoms with E-state index in [1.165, 1.54) is 17.3 Å². The highest BCUT2D eigenvalue weighted by Gasteiger charge is 2.18. The van der Waals surface area contributed by atoms with Crippen molar-refractivity contribution in [3.8, 4) is 0 Å². The minimum absolute atomic E-state index is 0.140. The molecule has 0 aliphatic rings. The first-order valence-corrected chi connectivity index (χ1v) is 11.8. The number of carbonyl (C=O) groups is 1. The minimum Gasteiger partial charge on any atom is -0.325 e. The molecule has 0 bridgehead atoms. The average Bonchev–Trinajstić information content (AvgIpc) is 3.19. The first-order valence-electron chi connectivity index (χ1n) is 10.5. The van der Waals surface area contributed by atoms with E-state index in [9.17, 15) is 9.59 Å². The van der Waals surface area contributed by atoms with Crippen LogP contribution in [0.4, 0.5) is 5.69 Å². The van der Waals surface area contributed by atoms with Gasteiger partial charge in [0.25, 0.3) is 5.56 Å². The number of carbonyl (C=O) groups excluding carboxylic acids is 1. The van der Waals surface area contributed by atoms with E-state index in [0.29, 0.717) is 39.3 Å². The molecule has 4 aromatic rings. The Morgan fingerprint density at radius 2 is 1.91 bits per heavy atom. The summed E-state index contributed by atoms with van der Waals surface area (Å²) in [5, 5.41) is 13.0. The Hall–Kier alpha value is -2.84. The molecule has 4 rings (SSSR count). The SMILES string of the molecule is CCCn1c(=O)c2cc(Cl)ccc2n2c(SCC(=O)Nc3ccc(C(C)C)cc3)nnc12. The summed E-state index contributed by atoms with van der Waals surface area (Å²) < 4.78 is 3.42. The fourth-order valence-corrected chi connectivity index (χ4v) is 4.47. The maximum atomic E-state index is 13.0. The first kappa shape index (κ1) is 22.4. The number of thioether (sulfide) groups is 1. The molecule has 0 saturated carbocycles. The number of aromatic nitrogens is 4. The summed E-state index contributed by atoms with van der Waals surface area (Å²) in [6.45, 7) is 6.77. The van der Waals surface area contributed by atoms with Gasteiger partial charge in [-0.15, -0.1) is 10.2 Å². The molecule has 0 fully saturated rings. The summed E-state index contributed by atoms with van der Waals surface area (Å²) in [5.41, 5.74) is 2.49. The van der Waals surface area contributed by atoms with Gasteiger partial charge in [-0.25, -0.2) is 0 Å². The molecule has 7 nitrogen and oxygen atoms in total. The third-order valence-corrected chi connectivity index (χ3v) is 6.34. The molecular weight excluding hydrogens is 446 g/mol. The monoisotopic (exact) mass is 469 g/mol. The van der Waals surface area contributed by atoms with Crippen LogP contribution in [0, 0.1) is 0 Å². The van der Waals surface area contributed by atoms with Crippen molar-refractivity contribution in [3.05, 3.63) is 63.4 Å². The number of fused-ring (bicyclic) bond motifs is 3. The van der Waals surface area contributed by atoms with Crippen LogP contribution in [0.2, 0.25) is 5.02 Å². The van der Waals surface area contributed by atoms with Gasteiger partial charge in [-0.1, -0.05) is 56.3 Å². The van der Waals surface area contributed by atoms with Crippen LogP contribution in [0.25, 0.3) is 16.7 Å². The molecular formula is C23H24ClN5O2S. The lowest BCUT2D eigenvalue weighted by Crippen LogP contribution is -2.23. The van der Waals surface area contributed by atoms with Crippen LogP contribution in [0.3, 0.4) is 0 Å². The van der Waals surface area contributed by atoms with Crippen molar-refractivity contribution in [3.63, 3.8) is 0 Å². The zero-order valence-corrected chi connectivity index (χ0v) is 19.7. The molecule has 2 aromatic heterocycles. The maximum Gasteiger partial charge on any atom is 0.262 e. The highest BCUT2D eigenvalue weighted by atomic mass is 35.5. The number of anilines is 1. The van der Waals surface area contributed by atoms with E-state index >= 15 is 0 Å². The minimum atomic E-state index is -0.150. The highest BCUT2D eigenvalue weighted by Crippen LogP contribution is 2.24. The summed E-state index contributed by atoms with van der Waals surface area (Å²) in [6, 6.07) is 13.0. The predicted octanol–water partition coefficient (Wildman–Crippen LogP) is 4.96. The van der Waals surface area contributed by atoms with Crippen LogP contribution in [0.1, 0.15) is 38.7 Å². The van der Waals surface area contributed by atoms with Gasteiger partial charge in [0.2, 0.25) is 11.7 Å². The summed E-state index contributed by atoms with van der Waals surface area (Å²) in [5.74, 6) is 0.915. The van der Waals surface area contributed by atoms with Crippen LogP contribution in [0.5, 0.6) is 0 Å². The Morgan fingerprint density at radius 3 is 2.59 bits per heavy atom. The number of hydrogen-bond acceptors (Lipinski definition) is 5. The second-order valence-electron chi connectivity index (χ2n) is 7.85. The van der Waals surface area contributed by atoms with Crippen LogP contribution in [0.15, 0.2) is 52.4 Å². The Balaban J connectivity index is 1.61. The number of rotatable bonds is 7. The quantitative estimate of drug-likeness (QED) is 0.387. The van der Waals surface area contributed by atoms with E-state index in [4.69, 9.17) is 11.6 Å². The van der Waals surface area contributed by atoms with Crippen molar-refractivity contribution in [1.82, 2.24) is 19.2 Å². The Bertz CT molecular complexity index is 1340. The van der Waals surface area contributed by atoms with E-state index in [2.05, 4.69) is 29.4 Å². The normalized spacial score (nSPS) is 11.5. The van der Waals surface area contributed by atoms with Gasteiger partial charge < -0.3 is 5.32 Å². The molecule has 0 aliphatic heterocycles. The Labute approximate surface area is 194 Å². The fraction of sp³-hybridized carbons (Fsp3) is 0.304. The molecule has 1 N–H and O–H groups in total. The average molecular weight is 470 g/mol. The summed E-state index contributed by atoms with van der Waals surface area (Å²) in [6.07, 6.45) is 0.773. The molecule has 0 saturated heterocycles. The van der Waals surface area contributed by atoms with Gasteiger partial charge in [0.15, 0.2) is 5.16 Å². The van der Waals surface area contributed by atoms with E-state index < -0.39 is 0 Å². The summed E-state index contributed by atoms with van der Waals surface area (Å²) in [4.78, 5) is 25.5. The Morgan fingerprint density at radius 1 is 1.16 bits per heavy atom. The van der Waals surface area contributed by atoms with Crippen LogP contribution in [-0.4, -0.2) is 30.8 Å². The number of hydrogen-bond donors (Lipinski definition) is 1. The van der Waals surface area contributed by atoms with E-state index in [-0.39, 0.29) is 17.2 Å². The number of nitrogens with one attached hydrogen (secondary N) is 1. The van der Waals surface area contributed by atoms with Crippen molar-refractivity contribution in [2.45, 2.75) is 44.8 Å². The lowest BCUT2D eigenvalue weighted by atomic mass is 10.0. The molecule has 2 heterocycles. The molecule has 2 aromatic carbocycles. The number of aryl methyl sites for hydroxylation is 1. The van der Waals surface area contributed by atoms with Gasteiger partial charge in [-0.2, -0.15) is 0 Å². The standard InChI is InChI=1S/C23H24ClN5O2S/c1-4-11-28-21(31)18-12-16(24)7-10-19(18)29-22(28)26-27-23(29)32-13-20(30)25-17-8-5-15(6-9-17)14(2)3/h5-10,12,14H,4,11,13H2,1-3H3,(H,25,30). The van der Waals surface area contributed by atoms with Crippen molar-refractivity contribution in [2.75, 3.05) is 11.1 Å².